The van der Waals surface area contributed by atoms with Crippen LogP contribution in [0.25, 0.3) is 11.0 Å². The number of fused-ring (bicyclic) bond motifs is 1. The zero-order chi connectivity index (χ0) is 17.2. The minimum Gasteiger partial charge on any atom is -0.472 e. The number of hydrogen-bond acceptors (Lipinski definition) is 4. The Morgan fingerprint density at radius 2 is 2.12 bits per heavy atom. The number of benzene rings is 1. The number of pyridine rings is 1. The van der Waals surface area contributed by atoms with Crippen LogP contribution in [0.5, 0.6) is 5.88 Å². The minimum atomic E-state index is -0.00122. The number of amides is 1. The van der Waals surface area contributed by atoms with Crippen LogP contribution in [0.2, 0.25) is 0 Å². The summed E-state index contributed by atoms with van der Waals surface area (Å²) >= 11 is 0. The number of imidazole rings is 1. The fraction of sp³-hybridized carbons (Fsp3) is 0.316. The lowest BCUT2D eigenvalue weighted by atomic mass is 10.3. The fourth-order valence-electron chi connectivity index (χ4n) is 3.13. The summed E-state index contributed by atoms with van der Waals surface area (Å²) in [5.41, 5.74) is 2.98. The third kappa shape index (κ3) is 3.33. The van der Waals surface area contributed by atoms with Gasteiger partial charge in [0.15, 0.2) is 0 Å². The first-order valence-corrected chi connectivity index (χ1v) is 8.46. The molecule has 1 amide bonds. The Morgan fingerprint density at radius 3 is 2.96 bits per heavy atom. The second-order valence-electron chi connectivity index (χ2n) is 6.40. The molecule has 2 aromatic heterocycles. The maximum Gasteiger partial charge on any atom is 0.242 e. The number of carbonyl (C=O) groups excluding carboxylic acids is 1. The molecule has 3 heterocycles. The van der Waals surface area contributed by atoms with Crippen molar-refractivity contribution < 1.29 is 9.53 Å². The monoisotopic (exact) mass is 336 g/mol. The van der Waals surface area contributed by atoms with Crippen molar-refractivity contribution in [2.45, 2.75) is 26.0 Å². The van der Waals surface area contributed by atoms with Crippen LogP contribution in [-0.4, -0.2) is 44.5 Å². The number of para-hydroxylation sites is 2. The van der Waals surface area contributed by atoms with E-state index in [0.29, 0.717) is 25.5 Å². The van der Waals surface area contributed by atoms with Gasteiger partial charge in [0.05, 0.1) is 23.9 Å². The Morgan fingerprint density at radius 1 is 1.24 bits per heavy atom. The highest BCUT2D eigenvalue weighted by molar-refractivity contribution is 5.80. The van der Waals surface area contributed by atoms with Gasteiger partial charge in [0, 0.05) is 25.2 Å². The molecular weight excluding hydrogens is 316 g/mol. The number of aromatic nitrogens is 3. The summed E-state index contributed by atoms with van der Waals surface area (Å²) < 4.78 is 7.79. The molecule has 25 heavy (non-hydrogen) atoms. The molecule has 0 radical (unpaired) electrons. The average Bonchev–Trinajstić information content (AvgIpc) is 3.25. The molecule has 0 N–H and O–H groups in total. The van der Waals surface area contributed by atoms with Gasteiger partial charge in [0.25, 0.3) is 0 Å². The van der Waals surface area contributed by atoms with Crippen LogP contribution >= 0.6 is 0 Å². The highest BCUT2D eigenvalue weighted by atomic mass is 16.5. The van der Waals surface area contributed by atoms with Gasteiger partial charge in [-0.1, -0.05) is 18.2 Å². The van der Waals surface area contributed by atoms with Gasteiger partial charge >= 0.3 is 0 Å². The van der Waals surface area contributed by atoms with Crippen molar-refractivity contribution in [3.63, 3.8) is 0 Å². The van der Waals surface area contributed by atoms with E-state index >= 15 is 0 Å². The van der Waals surface area contributed by atoms with Gasteiger partial charge in [-0.25, -0.2) is 9.97 Å². The fourth-order valence-corrected chi connectivity index (χ4v) is 3.13. The number of hydrogen-bond donors (Lipinski definition) is 0. The minimum absolute atomic E-state index is 0.00122. The number of carbonyl (C=O) groups is 1. The van der Waals surface area contributed by atoms with Crippen molar-refractivity contribution in [2.75, 3.05) is 13.1 Å². The number of likely N-dealkylation sites (tertiary alicyclic amines) is 1. The highest BCUT2D eigenvalue weighted by Crippen LogP contribution is 2.18. The second-order valence-corrected chi connectivity index (χ2v) is 6.40. The molecule has 6 nitrogen and oxygen atoms in total. The standard InChI is InChI=1S/C19H20N4O2/c1-14-6-7-18(20-10-14)25-15-8-9-22(11-15)19(24)12-23-13-21-16-4-2-3-5-17(16)23/h2-7,10,13,15H,8-9,11-12H2,1H3/t15-/m0/s1. The van der Waals surface area contributed by atoms with Gasteiger partial charge in [0.2, 0.25) is 11.8 Å². The number of ether oxygens (including phenoxy) is 1. The molecule has 0 aliphatic carbocycles. The third-order valence-electron chi connectivity index (χ3n) is 4.50. The van der Waals surface area contributed by atoms with E-state index in [1.165, 1.54) is 0 Å². The molecule has 0 saturated carbocycles. The Hall–Kier alpha value is -2.89. The smallest absolute Gasteiger partial charge is 0.242 e. The molecule has 0 unspecified atom stereocenters. The van der Waals surface area contributed by atoms with Crippen molar-refractivity contribution in [1.29, 1.82) is 0 Å². The van der Waals surface area contributed by atoms with Crippen molar-refractivity contribution in [2.24, 2.45) is 0 Å². The van der Waals surface area contributed by atoms with E-state index in [1.54, 1.807) is 12.5 Å². The van der Waals surface area contributed by atoms with Crippen LogP contribution < -0.4 is 4.74 Å². The van der Waals surface area contributed by atoms with Gasteiger partial charge in [-0.15, -0.1) is 0 Å². The van der Waals surface area contributed by atoms with Crippen LogP contribution in [0.1, 0.15) is 12.0 Å². The Kier molecular flexibility index (Phi) is 4.09. The predicted molar refractivity (Wildman–Crippen MR) is 94.3 cm³/mol. The molecular formula is C19H20N4O2. The summed E-state index contributed by atoms with van der Waals surface area (Å²) in [5, 5.41) is 0. The van der Waals surface area contributed by atoms with Gasteiger partial charge in [-0.2, -0.15) is 0 Å². The summed E-state index contributed by atoms with van der Waals surface area (Å²) in [6.07, 6.45) is 4.34. The Bertz CT molecular complexity index is 888. The van der Waals surface area contributed by atoms with Crippen LogP contribution in [-0.2, 0) is 11.3 Å². The van der Waals surface area contributed by atoms with Crippen LogP contribution in [0, 0.1) is 6.92 Å². The van der Waals surface area contributed by atoms with Gasteiger partial charge < -0.3 is 14.2 Å². The van der Waals surface area contributed by atoms with Crippen LogP contribution in [0.15, 0.2) is 48.9 Å². The van der Waals surface area contributed by atoms with E-state index in [-0.39, 0.29) is 12.0 Å². The van der Waals surface area contributed by atoms with Crippen molar-refractivity contribution in [1.82, 2.24) is 19.4 Å². The third-order valence-corrected chi connectivity index (χ3v) is 4.50. The Labute approximate surface area is 146 Å². The molecule has 3 aromatic rings. The molecule has 0 spiro atoms. The number of rotatable bonds is 4. The van der Waals surface area contributed by atoms with Gasteiger partial charge in [0.1, 0.15) is 12.6 Å². The summed E-state index contributed by atoms with van der Waals surface area (Å²) in [5.74, 6) is 0.705. The van der Waals surface area contributed by atoms with Gasteiger partial charge in [-0.05, 0) is 24.6 Å². The first-order chi connectivity index (χ1) is 12.2. The molecule has 0 bridgehead atoms. The molecule has 1 saturated heterocycles. The molecule has 1 atom stereocenters. The van der Waals surface area contributed by atoms with E-state index in [1.807, 2.05) is 52.8 Å². The molecule has 1 aliphatic rings. The largest absolute Gasteiger partial charge is 0.472 e. The van der Waals surface area contributed by atoms with Crippen LogP contribution in [0.3, 0.4) is 0 Å². The van der Waals surface area contributed by atoms with E-state index in [0.717, 1.165) is 23.0 Å². The zero-order valence-corrected chi connectivity index (χ0v) is 14.1. The lowest BCUT2D eigenvalue weighted by Gasteiger charge is -2.17. The van der Waals surface area contributed by atoms with E-state index in [2.05, 4.69) is 9.97 Å². The van der Waals surface area contributed by atoms with E-state index in [4.69, 9.17) is 4.74 Å². The molecule has 1 aromatic carbocycles. The summed E-state index contributed by atoms with van der Waals surface area (Å²) in [7, 11) is 0. The summed E-state index contributed by atoms with van der Waals surface area (Å²) in [4.78, 5) is 23.1. The Balaban J connectivity index is 1.38. The molecule has 1 aliphatic heterocycles. The maximum atomic E-state index is 12.6. The first-order valence-electron chi connectivity index (χ1n) is 8.46. The molecule has 4 rings (SSSR count). The SMILES string of the molecule is Cc1ccc(O[C@H]2CCN(C(=O)Cn3cnc4ccccc43)C2)nc1. The van der Waals surface area contributed by atoms with Crippen molar-refractivity contribution in [3.8, 4) is 5.88 Å². The highest BCUT2D eigenvalue weighted by Gasteiger charge is 2.28. The van der Waals surface area contributed by atoms with Gasteiger partial charge in [-0.3, -0.25) is 4.79 Å². The predicted octanol–water partition coefficient (Wildman–Crippen LogP) is 2.42. The molecule has 1 fully saturated rings. The number of aryl methyl sites for hydroxylation is 1. The first kappa shape index (κ1) is 15.6. The maximum absolute atomic E-state index is 12.6. The van der Waals surface area contributed by atoms with E-state index < -0.39 is 0 Å². The second kappa shape index (κ2) is 6.55. The van der Waals surface area contributed by atoms with E-state index in [9.17, 15) is 4.79 Å². The lowest BCUT2D eigenvalue weighted by molar-refractivity contribution is -0.131. The van der Waals surface area contributed by atoms with Crippen LogP contribution in [0.4, 0.5) is 0 Å². The summed E-state index contributed by atoms with van der Waals surface area (Å²) in [6, 6.07) is 11.7. The normalized spacial score (nSPS) is 17.2. The molecule has 6 heteroatoms. The van der Waals surface area contributed by atoms with Crippen molar-refractivity contribution >= 4 is 16.9 Å². The van der Waals surface area contributed by atoms with Crippen molar-refractivity contribution in [3.05, 3.63) is 54.5 Å². The number of nitrogens with zero attached hydrogens (tertiary/aromatic N) is 4. The summed E-state index contributed by atoms with van der Waals surface area (Å²) in [6.45, 7) is 3.60. The zero-order valence-electron chi connectivity index (χ0n) is 14.1. The lowest BCUT2D eigenvalue weighted by Crippen LogP contribution is -2.33. The quantitative estimate of drug-likeness (QED) is 0.734. The topological polar surface area (TPSA) is 60.2 Å². The average molecular weight is 336 g/mol. The molecule has 128 valence electrons.